The van der Waals surface area contributed by atoms with Gasteiger partial charge in [-0.05, 0) is 30.3 Å². The van der Waals surface area contributed by atoms with Gasteiger partial charge in [-0.15, -0.1) is 0 Å². The monoisotopic (exact) mass is 493 g/mol. The normalized spacial score (nSPS) is 12.5. The van der Waals surface area contributed by atoms with Crippen LogP contribution in [0.2, 0.25) is 5.02 Å². The predicted molar refractivity (Wildman–Crippen MR) is 115 cm³/mol. The minimum Gasteiger partial charge on any atom is -0.336 e. The quantitative estimate of drug-likeness (QED) is 0.390. The molecule has 2 aromatic heterocycles. The number of alkyl halides is 3. The fourth-order valence-electron chi connectivity index (χ4n) is 3.44. The van der Waals surface area contributed by atoms with Gasteiger partial charge in [0.2, 0.25) is 5.43 Å². The average molecular weight is 494 g/mol. The summed E-state index contributed by atoms with van der Waals surface area (Å²) in [5.74, 6) is -3.27. The summed E-state index contributed by atoms with van der Waals surface area (Å²) in [7, 11) is 0. The fourth-order valence-corrected chi connectivity index (χ4v) is 3.68. The number of nitrogens with zero attached hydrogens (tertiary/aromatic N) is 2. The van der Waals surface area contributed by atoms with E-state index in [0.717, 1.165) is 29.0 Å². The van der Waals surface area contributed by atoms with Crippen LogP contribution >= 0.6 is 11.6 Å². The highest BCUT2D eigenvalue weighted by atomic mass is 35.5. The molecule has 0 bridgehead atoms. The molecule has 1 unspecified atom stereocenters. The Kier molecular flexibility index (Phi) is 6.09. The van der Waals surface area contributed by atoms with E-state index < -0.39 is 46.3 Å². The van der Waals surface area contributed by atoms with Crippen molar-refractivity contribution in [3.05, 3.63) is 105 Å². The number of pyridine rings is 2. The van der Waals surface area contributed by atoms with Crippen molar-refractivity contribution in [1.82, 2.24) is 14.9 Å². The number of carbonyl (C=O) groups excluding carboxylic acids is 1. The van der Waals surface area contributed by atoms with E-state index in [4.69, 9.17) is 11.6 Å². The number of carbonyl (C=O) groups is 1. The third-order valence-corrected chi connectivity index (χ3v) is 5.34. The minimum absolute atomic E-state index is 0.0759. The van der Waals surface area contributed by atoms with Crippen molar-refractivity contribution < 1.29 is 26.7 Å². The number of rotatable bonds is 4. The lowest BCUT2D eigenvalue weighted by Crippen LogP contribution is -2.40. The Balaban J connectivity index is 1.87. The second-order valence-corrected chi connectivity index (χ2v) is 7.59. The number of hydrogen-bond acceptors (Lipinski definition) is 3. The number of halogens is 6. The molecule has 0 saturated heterocycles. The van der Waals surface area contributed by atoms with Crippen molar-refractivity contribution in [1.29, 1.82) is 0 Å². The van der Waals surface area contributed by atoms with Gasteiger partial charge in [-0.1, -0.05) is 29.8 Å². The number of aromatic nitrogens is 2. The van der Waals surface area contributed by atoms with Crippen LogP contribution in [0.25, 0.3) is 16.7 Å². The molecule has 0 spiro atoms. The number of amides is 1. The summed E-state index contributed by atoms with van der Waals surface area (Å²) in [6.07, 6.45) is -2.78. The Morgan fingerprint density at radius 1 is 1.06 bits per heavy atom. The van der Waals surface area contributed by atoms with Crippen LogP contribution in [0.5, 0.6) is 0 Å². The highest BCUT2D eigenvalue weighted by molar-refractivity contribution is 6.31. The van der Waals surface area contributed by atoms with Crippen molar-refractivity contribution in [2.75, 3.05) is 0 Å². The van der Waals surface area contributed by atoms with Gasteiger partial charge in [-0.3, -0.25) is 14.2 Å². The van der Waals surface area contributed by atoms with Gasteiger partial charge < -0.3 is 5.32 Å². The van der Waals surface area contributed by atoms with Crippen molar-refractivity contribution in [2.45, 2.75) is 12.2 Å². The maximum Gasteiger partial charge on any atom is 0.412 e. The third kappa shape index (κ3) is 4.36. The molecule has 1 amide bonds. The average Bonchev–Trinajstić information content (AvgIpc) is 2.78. The number of hydrogen-bond donors (Lipinski definition) is 1. The molecule has 5 nitrogen and oxygen atoms in total. The molecule has 0 fully saturated rings. The first-order valence-electron chi connectivity index (χ1n) is 9.65. The van der Waals surface area contributed by atoms with Crippen molar-refractivity contribution >= 4 is 28.5 Å². The second-order valence-electron chi connectivity index (χ2n) is 7.18. The van der Waals surface area contributed by atoms with Crippen LogP contribution in [0.15, 0.2) is 71.8 Å². The first-order valence-corrected chi connectivity index (χ1v) is 10.0. The summed E-state index contributed by atoms with van der Waals surface area (Å²) in [5, 5.41) is 1.41. The first-order chi connectivity index (χ1) is 16.1. The molecule has 4 aromatic rings. The van der Waals surface area contributed by atoms with Gasteiger partial charge in [0.05, 0.1) is 11.1 Å². The lowest BCUT2D eigenvalue weighted by Gasteiger charge is -2.23. The molecule has 174 valence electrons. The molecular formula is C23H13ClF5N3O2. The standard InChI is InChI=1S/C23H13ClF5N3O2/c24-16-6-2-1-4-13(16)20(23(27,28)29)31-22(34)15-11-32(18-8-7-12(25)10-17(18)26)21-14(19(15)33)5-3-9-30-21/h1-11,20H,(H,31,34). The smallest absolute Gasteiger partial charge is 0.336 e. The van der Waals surface area contributed by atoms with Crippen molar-refractivity contribution in [3.8, 4) is 5.69 Å². The molecule has 34 heavy (non-hydrogen) atoms. The minimum atomic E-state index is -4.94. The van der Waals surface area contributed by atoms with Crippen LogP contribution in [-0.2, 0) is 0 Å². The molecule has 1 atom stereocenters. The summed E-state index contributed by atoms with van der Waals surface area (Å²) in [4.78, 5) is 29.9. The Hall–Kier alpha value is -3.79. The lowest BCUT2D eigenvalue weighted by molar-refractivity contribution is -0.155. The second kappa shape index (κ2) is 8.86. The van der Waals surface area contributed by atoms with Crippen molar-refractivity contribution in [3.63, 3.8) is 0 Å². The van der Waals surface area contributed by atoms with Gasteiger partial charge in [0.1, 0.15) is 22.8 Å². The highest BCUT2D eigenvalue weighted by Gasteiger charge is 2.43. The van der Waals surface area contributed by atoms with E-state index in [0.29, 0.717) is 6.07 Å². The highest BCUT2D eigenvalue weighted by Crippen LogP contribution is 2.36. The molecule has 0 saturated carbocycles. The van der Waals surface area contributed by atoms with Crippen LogP contribution in [-0.4, -0.2) is 21.6 Å². The van der Waals surface area contributed by atoms with Gasteiger partial charge in [0, 0.05) is 29.0 Å². The van der Waals surface area contributed by atoms with E-state index in [1.807, 2.05) is 0 Å². The first kappa shape index (κ1) is 23.4. The predicted octanol–water partition coefficient (Wildman–Crippen LogP) is 5.35. The fraction of sp³-hybridized carbons (Fsp3) is 0.0870. The Morgan fingerprint density at radius 3 is 2.47 bits per heavy atom. The summed E-state index contributed by atoms with van der Waals surface area (Å²) in [6, 6.07) is 7.78. The van der Waals surface area contributed by atoms with E-state index in [1.54, 1.807) is 5.32 Å². The summed E-state index contributed by atoms with van der Waals surface area (Å²) >= 11 is 5.90. The van der Waals surface area contributed by atoms with Gasteiger partial charge in [0.25, 0.3) is 5.91 Å². The van der Waals surface area contributed by atoms with E-state index in [1.165, 1.54) is 36.5 Å². The molecule has 11 heteroatoms. The van der Waals surface area contributed by atoms with E-state index in [2.05, 4.69) is 4.98 Å². The number of nitrogens with one attached hydrogen (secondary N) is 1. The molecule has 0 aliphatic heterocycles. The molecule has 0 aliphatic rings. The topological polar surface area (TPSA) is 64.0 Å². The summed E-state index contributed by atoms with van der Waals surface area (Å²) < 4.78 is 70.3. The van der Waals surface area contributed by atoms with E-state index >= 15 is 0 Å². The van der Waals surface area contributed by atoms with Gasteiger partial charge >= 0.3 is 6.18 Å². The summed E-state index contributed by atoms with van der Waals surface area (Å²) in [6.45, 7) is 0. The number of benzene rings is 2. The number of fused-ring (bicyclic) bond motifs is 1. The molecule has 1 N–H and O–H groups in total. The largest absolute Gasteiger partial charge is 0.412 e. The SMILES string of the molecule is O=C(NC(c1ccccc1Cl)C(F)(F)F)c1cn(-c2ccc(F)cc2F)c2ncccc2c1=O. The van der Waals surface area contributed by atoms with Crippen LogP contribution in [0.4, 0.5) is 22.0 Å². The lowest BCUT2D eigenvalue weighted by atomic mass is 10.1. The molecule has 4 rings (SSSR count). The van der Waals surface area contributed by atoms with Crippen LogP contribution in [0.1, 0.15) is 22.0 Å². The van der Waals surface area contributed by atoms with Crippen LogP contribution < -0.4 is 10.7 Å². The molecule has 2 aromatic carbocycles. The van der Waals surface area contributed by atoms with Gasteiger partial charge in [-0.2, -0.15) is 13.2 Å². The van der Waals surface area contributed by atoms with Crippen LogP contribution in [0.3, 0.4) is 0 Å². The molecule has 0 radical (unpaired) electrons. The van der Waals surface area contributed by atoms with E-state index in [-0.39, 0.29) is 21.7 Å². The maximum absolute atomic E-state index is 14.5. The molecule has 2 heterocycles. The zero-order valence-corrected chi connectivity index (χ0v) is 17.7. The Bertz CT molecular complexity index is 1470. The van der Waals surface area contributed by atoms with Gasteiger partial charge in [0.15, 0.2) is 6.04 Å². The molecular weight excluding hydrogens is 481 g/mol. The zero-order chi connectivity index (χ0) is 24.6. The van der Waals surface area contributed by atoms with E-state index in [9.17, 15) is 31.5 Å². The maximum atomic E-state index is 14.5. The van der Waals surface area contributed by atoms with Gasteiger partial charge in [-0.25, -0.2) is 13.8 Å². The third-order valence-electron chi connectivity index (χ3n) is 5.00. The molecule has 0 aliphatic carbocycles. The van der Waals surface area contributed by atoms with Crippen LogP contribution in [0, 0.1) is 11.6 Å². The Labute approximate surface area is 193 Å². The Morgan fingerprint density at radius 2 is 1.79 bits per heavy atom. The van der Waals surface area contributed by atoms with Crippen molar-refractivity contribution in [2.24, 2.45) is 0 Å². The zero-order valence-electron chi connectivity index (χ0n) is 16.9. The summed E-state index contributed by atoms with van der Waals surface area (Å²) in [5.41, 5.74) is -2.38.